The number of nitrogens with zero attached hydrogens (tertiary/aromatic N) is 2. The minimum Gasteiger partial charge on any atom is -0.379 e. The van der Waals surface area contributed by atoms with Gasteiger partial charge in [-0.1, -0.05) is 0 Å². The number of morpholine rings is 1. The summed E-state index contributed by atoms with van der Waals surface area (Å²) in [6.45, 7) is 2.62. The summed E-state index contributed by atoms with van der Waals surface area (Å²) in [4.78, 5) is 12.2. The number of carbonyl (C=O) groups excluding carboxylic acids is 1. The standard InChI is InChI=1S/C14H27N3O6S/c1-21-13(22-2)11-15-14(18)12-3-5-16(6-4-12)24(19,20)17-7-9-23-10-8-17/h12-13H,3-11H2,1-2H3,(H,15,18). The molecule has 0 atom stereocenters. The van der Waals surface area contributed by atoms with Gasteiger partial charge in [0.25, 0.3) is 10.2 Å². The van der Waals surface area contributed by atoms with Crippen LogP contribution in [0.2, 0.25) is 0 Å². The molecule has 0 aliphatic carbocycles. The lowest BCUT2D eigenvalue weighted by molar-refractivity contribution is -0.131. The zero-order valence-corrected chi connectivity index (χ0v) is 15.1. The maximum atomic E-state index is 12.6. The Hall–Kier alpha value is -0.780. The summed E-state index contributed by atoms with van der Waals surface area (Å²) in [6.07, 6.45) is 0.552. The van der Waals surface area contributed by atoms with Gasteiger partial charge in [-0.3, -0.25) is 4.79 Å². The van der Waals surface area contributed by atoms with E-state index >= 15 is 0 Å². The lowest BCUT2D eigenvalue weighted by Crippen LogP contribution is -2.51. The Balaban J connectivity index is 1.81. The average Bonchev–Trinajstić information content (AvgIpc) is 2.63. The van der Waals surface area contributed by atoms with Gasteiger partial charge in [0.05, 0.1) is 19.8 Å². The summed E-state index contributed by atoms with van der Waals surface area (Å²) >= 11 is 0. The van der Waals surface area contributed by atoms with Gasteiger partial charge in [0.1, 0.15) is 0 Å². The fraction of sp³-hybridized carbons (Fsp3) is 0.929. The molecule has 2 saturated heterocycles. The van der Waals surface area contributed by atoms with Crippen LogP contribution in [0.25, 0.3) is 0 Å². The fourth-order valence-electron chi connectivity index (χ4n) is 2.88. The highest BCUT2D eigenvalue weighted by Crippen LogP contribution is 2.22. The first-order valence-corrected chi connectivity index (χ1v) is 9.55. The van der Waals surface area contributed by atoms with Crippen molar-refractivity contribution in [1.82, 2.24) is 13.9 Å². The summed E-state index contributed by atoms with van der Waals surface area (Å²) in [5, 5.41) is 2.79. The normalized spacial score (nSPS) is 22.0. The van der Waals surface area contributed by atoms with E-state index in [0.717, 1.165) is 0 Å². The first-order valence-electron chi connectivity index (χ1n) is 8.15. The van der Waals surface area contributed by atoms with E-state index in [4.69, 9.17) is 14.2 Å². The van der Waals surface area contributed by atoms with E-state index in [2.05, 4.69) is 5.32 Å². The molecular weight excluding hydrogens is 338 g/mol. The number of amides is 1. The number of methoxy groups -OCH3 is 2. The summed E-state index contributed by atoms with van der Waals surface area (Å²) in [5.74, 6) is -0.270. The molecule has 0 unspecified atom stereocenters. The molecule has 1 amide bonds. The summed E-state index contributed by atoms with van der Waals surface area (Å²) in [5.41, 5.74) is 0. The van der Waals surface area contributed by atoms with E-state index in [1.54, 1.807) is 0 Å². The van der Waals surface area contributed by atoms with E-state index in [9.17, 15) is 13.2 Å². The molecule has 9 nitrogen and oxygen atoms in total. The summed E-state index contributed by atoms with van der Waals surface area (Å²) in [6, 6.07) is 0. The minimum atomic E-state index is -3.45. The van der Waals surface area contributed by atoms with Gasteiger partial charge in [0.15, 0.2) is 6.29 Å². The SMILES string of the molecule is COC(CNC(=O)C1CCN(S(=O)(=O)N2CCOCC2)CC1)OC. The molecule has 0 aromatic heterocycles. The quantitative estimate of drug-likeness (QED) is 0.582. The highest BCUT2D eigenvalue weighted by Gasteiger charge is 2.35. The maximum Gasteiger partial charge on any atom is 0.282 e. The van der Waals surface area contributed by atoms with Crippen LogP contribution in [0.4, 0.5) is 0 Å². The Kier molecular flexibility index (Phi) is 7.38. The number of carbonyl (C=O) groups is 1. The van der Waals surface area contributed by atoms with Gasteiger partial charge in [0, 0.05) is 46.3 Å². The molecule has 0 saturated carbocycles. The van der Waals surface area contributed by atoms with Gasteiger partial charge >= 0.3 is 0 Å². The van der Waals surface area contributed by atoms with Crippen molar-refractivity contribution in [1.29, 1.82) is 0 Å². The number of piperidine rings is 1. The summed E-state index contributed by atoms with van der Waals surface area (Å²) < 4.78 is 43.3. The van der Waals surface area contributed by atoms with Gasteiger partial charge in [-0.2, -0.15) is 17.0 Å². The van der Waals surface area contributed by atoms with Crippen LogP contribution in [0.15, 0.2) is 0 Å². The van der Waals surface area contributed by atoms with Crippen molar-refractivity contribution in [3.63, 3.8) is 0 Å². The zero-order valence-electron chi connectivity index (χ0n) is 14.3. The molecule has 0 radical (unpaired) electrons. The predicted octanol–water partition coefficient (Wildman–Crippen LogP) is -0.989. The van der Waals surface area contributed by atoms with E-state index in [1.807, 2.05) is 0 Å². The number of ether oxygens (including phenoxy) is 3. The smallest absolute Gasteiger partial charge is 0.282 e. The molecule has 2 heterocycles. The van der Waals surface area contributed by atoms with Crippen molar-refractivity contribution in [2.45, 2.75) is 19.1 Å². The molecule has 0 spiro atoms. The number of nitrogens with one attached hydrogen (secondary N) is 1. The predicted molar refractivity (Wildman–Crippen MR) is 86.4 cm³/mol. The first kappa shape index (κ1) is 19.5. The van der Waals surface area contributed by atoms with Crippen LogP contribution in [0.1, 0.15) is 12.8 Å². The maximum absolute atomic E-state index is 12.6. The van der Waals surface area contributed by atoms with E-state index in [0.29, 0.717) is 52.2 Å². The largest absolute Gasteiger partial charge is 0.379 e. The highest BCUT2D eigenvalue weighted by molar-refractivity contribution is 7.86. The second-order valence-electron chi connectivity index (χ2n) is 5.84. The third-order valence-electron chi connectivity index (χ3n) is 4.42. The van der Waals surface area contributed by atoms with Gasteiger partial charge in [0.2, 0.25) is 5.91 Å². The molecular formula is C14H27N3O6S. The average molecular weight is 365 g/mol. The van der Waals surface area contributed by atoms with Crippen molar-refractivity contribution in [3.05, 3.63) is 0 Å². The second kappa shape index (κ2) is 9.07. The number of rotatable bonds is 7. The monoisotopic (exact) mass is 365 g/mol. The van der Waals surface area contributed by atoms with Crippen molar-refractivity contribution in [3.8, 4) is 0 Å². The van der Waals surface area contributed by atoms with Crippen molar-refractivity contribution in [2.24, 2.45) is 5.92 Å². The second-order valence-corrected chi connectivity index (χ2v) is 7.77. The third kappa shape index (κ3) is 4.87. The van der Waals surface area contributed by atoms with Crippen molar-refractivity contribution >= 4 is 16.1 Å². The van der Waals surface area contributed by atoms with Gasteiger partial charge in [-0.25, -0.2) is 0 Å². The zero-order chi connectivity index (χ0) is 17.6. The van der Waals surface area contributed by atoms with Crippen LogP contribution >= 0.6 is 0 Å². The Bertz CT molecular complexity index is 497. The van der Waals surface area contributed by atoms with Crippen LogP contribution in [-0.2, 0) is 29.2 Å². The Labute approximate surface area is 143 Å². The molecule has 0 bridgehead atoms. The lowest BCUT2D eigenvalue weighted by atomic mass is 9.97. The van der Waals surface area contributed by atoms with E-state index in [-0.39, 0.29) is 18.4 Å². The topological polar surface area (TPSA) is 97.4 Å². The van der Waals surface area contributed by atoms with Crippen LogP contribution in [0.5, 0.6) is 0 Å². The molecule has 24 heavy (non-hydrogen) atoms. The van der Waals surface area contributed by atoms with Crippen LogP contribution in [-0.4, -0.2) is 89.4 Å². The molecule has 2 aliphatic rings. The molecule has 2 rings (SSSR count). The third-order valence-corrected chi connectivity index (χ3v) is 6.45. The molecule has 0 aromatic rings. The molecule has 140 valence electrons. The molecule has 0 aromatic carbocycles. The molecule has 2 fully saturated rings. The lowest BCUT2D eigenvalue weighted by Gasteiger charge is -2.35. The molecule has 1 N–H and O–H groups in total. The molecule has 10 heteroatoms. The van der Waals surface area contributed by atoms with Gasteiger partial charge in [-0.05, 0) is 12.8 Å². The van der Waals surface area contributed by atoms with E-state index < -0.39 is 16.5 Å². The van der Waals surface area contributed by atoms with Gasteiger partial charge < -0.3 is 19.5 Å². The van der Waals surface area contributed by atoms with Crippen molar-refractivity contribution < 1.29 is 27.4 Å². The van der Waals surface area contributed by atoms with Crippen molar-refractivity contribution in [2.75, 3.05) is 60.2 Å². The Morgan fingerprint density at radius 3 is 2.21 bits per heavy atom. The number of hydrogen-bond donors (Lipinski definition) is 1. The van der Waals surface area contributed by atoms with Gasteiger partial charge in [-0.15, -0.1) is 0 Å². The van der Waals surface area contributed by atoms with Crippen LogP contribution in [0.3, 0.4) is 0 Å². The van der Waals surface area contributed by atoms with Crippen LogP contribution in [0, 0.1) is 5.92 Å². The fourth-order valence-corrected chi connectivity index (χ4v) is 4.49. The van der Waals surface area contributed by atoms with E-state index in [1.165, 1.54) is 22.8 Å². The minimum absolute atomic E-state index is 0.0856. The highest BCUT2D eigenvalue weighted by atomic mass is 32.2. The van der Waals surface area contributed by atoms with Crippen LogP contribution < -0.4 is 5.32 Å². The summed E-state index contributed by atoms with van der Waals surface area (Å²) in [7, 11) is -0.434. The first-order chi connectivity index (χ1) is 11.5. The number of hydrogen-bond acceptors (Lipinski definition) is 6. The Morgan fingerprint density at radius 2 is 1.67 bits per heavy atom. The molecule has 2 aliphatic heterocycles. The Morgan fingerprint density at radius 1 is 1.12 bits per heavy atom.